The Balaban J connectivity index is 1.45. The van der Waals surface area contributed by atoms with Crippen LogP contribution in [0.15, 0.2) is 78.2 Å². The summed E-state index contributed by atoms with van der Waals surface area (Å²) in [6, 6.07) is 15.7. The second kappa shape index (κ2) is 15.6. The Bertz CT molecular complexity index is 1990. The van der Waals surface area contributed by atoms with Crippen LogP contribution in [0.2, 0.25) is 0 Å². The van der Waals surface area contributed by atoms with Gasteiger partial charge in [-0.25, -0.2) is 0 Å². The SMILES string of the molecule is C=CC(=O)Nc1cc(Cc2cc(-c3cccc(NC(=O)c4cc(OC)c(OC)c(OC)c4)c3C)cn(C)c2=O)ccc1C(=O)N1CCOCC1. The highest BCUT2D eigenvalue weighted by Gasteiger charge is 2.23. The number of pyridine rings is 1. The average molecular weight is 681 g/mol. The smallest absolute Gasteiger partial charge is 0.256 e. The fraction of sp³-hybridized carbons (Fsp3) is 0.263. The quantitative estimate of drug-likeness (QED) is 0.215. The van der Waals surface area contributed by atoms with Crippen LogP contribution in [0.5, 0.6) is 17.2 Å². The van der Waals surface area contributed by atoms with E-state index in [4.69, 9.17) is 18.9 Å². The lowest BCUT2D eigenvalue weighted by molar-refractivity contribution is -0.111. The molecule has 0 spiro atoms. The monoisotopic (exact) mass is 680 g/mol. The molecule has 12 nitrogen and oxygen atoms in total. The number of rotatable bonds is 11. The molecule has 4 aromatic rings. The van der Waals surface area contributed by atoms with Crippen molar-refractivity contribution in [3.8, 4) is 28.4 Å². The number of nitrogens with one attached hydrogen (secondary N) is 2. The maximum absolute atomic E-state index is 13.4. The standard InChI is InChI=1S/C38H40N4O8/c1-7-34(43)39-31-18-24(11-12-29(31)38(46)42-13-15-50-16-14-42)17-26-19-27(22-41(3)37(26)45)28-9-8-10-30(23(28)2)40-36(44)25-20-32(47-4)35(49-6)33(21-25)48-5/h7-12,18-22H,1,13-17H2,2-6H3,(H,39,43)(H,40,44). The number of carbonyl (C=O) groups excluding carboxylic acids is 3. The first kappa shape index (κ1) is 35.4. The Kier molecular flexibility index (Phi) is 11.0. The molecule has 1 fully saturated rings. The van der Waals surface area contributed by atoms with Gasteiger partial charge in [-0.1, -0.05) is 24.8 Å². The van der Waals surface area contributed by atoms with Crippen molar-refractivity contribution in [2.24, 2.45) is 7.05 Å². The second-order valence-corrected chi connectivity index (χ2v) is 11.7. The predicted molar refractivity (Wildman–Crippen MR) is 191 cm³/mol. The first-order chi connectivity index (χ1) is 24.1. The Morgan fingerprint density at radius 3 is 2.26 bits per heavy atom. The minimum atomic E-state index is -0.455. The molecule has 0 radical (unpaired) electrons. The van der Waals surface area contributed by atoms with Gasteiger partial charge >= 0.3 is 0 Å². The zero-order chi connectivity index (χ0) is 35.9. The first-order valence-electron chi connectivity index (χ1n) is 15.9. The van der Waals surface area contributed by atoms with Crippen molar-refractivity contribution >= 4 is 29.1 Å². The Hall–Kier alpha value is -5.88. The molecule has 0 aliphatic carbocycles. The molecule has 0 saturated carbocycles. The molecular formula is C38H40N4O8. The van der Waals surface area contributed by atoms with E-state index in [1.54, 1.807) is 54.5 Å². The van der Waals surface area contributed by atoms with E-state index in [1.165, 1.54) is 25.9 Å². The number of benzene rings is 3. The van der Waals surface area contributed by atoms with Crippen molar-refractivity contribution in [1.29, 1.82) is 0 Å². The van der Waals surface area contributed by atoms with Gasteiger partial charge in [-0.15, -0.1) is 0 Å². The molecule has 1 aliphatic heterocycles. The van der Waals surface area contributed by atoms with Gasteiger partial charge in [0.2, 0.25) is 11.7 Å². The second-order valence-electron chi connectivity index (χ2n) is 11.7. The van der Waals surface area contributed by atoms with Gasteiger partial charge in [0.05, 0.1) is 45.8 Å². The van der Waals surface area contributed by atoms with Crippen LogP contribution in [0.25, 0.3) is 11.1 Å². The summed E-state index contributed by atoms with van der Waals surface area (Å²) in [7, 11) is 6.14. The van der Waals surface area contributed by atoms with Crippen LogP contribution in [-0.2, 0) is 23.0 Å². The molecule has 3 amide bonds. The number of hydrogen-bond acceptors (Lipinski definition) is 8. The van der Waals surface area contributed by atoms with E-state index in [1.807, 2.05) is 25.1 Å². The molecule has 1 aromatic heterocycles. The van der Waals surface area contributed by atoms with E-state index >= 15 is 0 Å². The molecule has 1 saturated heterocycles. The molecule has 12 heteroatoms. The summed E-state index contributed by atoms with van der Waals surface area (Å²) in [5, 5.41) is 5.74. The van der Waals surface area contributed by atoms with Crippen molar-refractivity contribution in [2.75, 3.05) is 58.3 Å². The van der Waals surface area contributed by atoms with Crippen LogP contribution in [0.3, 0.4) is 0 Å². The van der Waals surface area contributed by atoms with Gasteiger partial charge in [-0.2, -0.15) is 0 Å². The van der Waals surface area contributed by atoms with Crippen LogP contribution in [0.1, 0.15) is 37.4 Å². The molecule has 2 N–H and O–H groups in total. The summed E-state index contributed by atoms with van der Waals surface area (Å²) >= 11 is 0. The maximum atomic E-state index is 13.4. The average Bonchev–Trinajstić information content (AvgIpc) is 3.13. The molecule has 0 bridgehead atoms. The van der Waals surface area contributed by atoms with Crippen molar-refractivity contribution in [1.82, 2.24) is 9.47 Å². The minimum Gasteiger partial charge on any atom is -0.493 e. The van der Waals surface area contributed by atoms with Crippen LogP contribution in [0.4, 0.5) is 11.4 Å². The summed E-state index contributed by atoms with van der Waals surface area (Å²) in [6.07, 6.45) is 3.12. The molecule has 50 heavy (non-hydrogen) atoms. The van der Waals surface area contributed by atoms with Gasteiger partial charge in [0.1, 0.15) is 0 Å². The van der Waals surface area contributed by atoms with Crippen LogP contribution < -0.4 is 30.4 Å². The number of nitrogens with zero attached hydrogens (tertiary/aromatic N) is 2. The highest BCUT2D eigenvalue weighted by molar-refractivity contribution is 6.07. The number of aromatic nitrogens is 1. The number of carbonyl (C=O) groups is 3. The Labute approximate surface area is 290 Å². The lowest BCUT2D eigenvalue weighted by atomic mass is 9.96. The van der Waals surface area contributed by atoms with Gasteiger partial charge in [-0.3, -0.25) is 19.2 Å². The van der Waals surface area contributed by atoms with Crippen molar-refractivity contribution in [2.45, 2.75) is 13.3 Å². The summed E-state index contributed by atoms with van der Waals surface area (Å²) in [4.78, 5) is 54.1. The maximum Gasteiger partial charge on any atom is 0.256 e. The fourth-order valence-electron chi connectivity index (χ4n) is 5.88. The molecule has 5 rings (SSSR count). The molecule has 3 aromatic carbocycles. The number of amides is 3. The topological polar surface area (TPSA) is 137 Å². The third-order valence-corrected chi connectivity index (χ3v) is 8.53. The van der Waals surface area contributed by atoms with Gasteiger partial charge < -0.3 is 39.0 Å². The van der Waals surface area contributed by atoms with Gasteiger partial charge in [0.15, 0.2) is 11.5 Å². The van der Waals surface area contributed by atoms with Crippen LogP contribution in [0, 0.1) is 6.92 Å². The van der Waals surface area contributed by atoms with E-state index in [0.29, 0.717) is 71.6 Å². The zero-order valence-corrected chi connectivity index (χ0v) is 28.8. The summed E-state index contributed by atoms with van der Waals surface area (Å²) in [5.74, 6) is 0.0436. The van der Waals surface area contributed by atoms with E-state index in [2.05, 4.69) is 17.2 Å². The molecule has 0 atom stereocenters. The van der Waals surface area contributed by atoms with Crippen molar-refractivity contribution in [3.63, 3.8) is 0 Å². The third kappa shape index (κ3) is 7.55. The summed E-state index contributed by atoms with van der Waals surface area (Å²) < 4.78 is 23.1. The van der Waals surface area contributed by atoms with Crippen LogP contribution >= 0.6 is 0 Å². The van der Waals surface area contributed by atoms with Crippen LogP contribution in [-0.4, -0.2) is 74.8 Å². The first-order valence-corrected chi connectivity index (χ1v) is 15.9. The number of aryl methyl sites for hydroxylation is 1. The highest BCUT2D eigenvalue weighted by Crippen LogP contribution is 2.38. The molecule has 2 heterocycles. The van der Waals surface area contributed by atoms with E-state index < -0.39 is 5.91 Å². The summed E-state index contributed by atoms with van der Waals surface area (Å²) in [5.41, 5.74) is 4.98. The van der Waals surface area contributed by atoms with Crippen molar-refractivity contribution in [3.05, 3.63) is 112 Å². The Morgan fingerprint density at radius 1 is 0.920 bits per heavy atom. The van der Waals surface area contributed by atoms with Gasteiger partial charge in [0, 0.05) is 49.6 Å². The largest absolute Gasteiger partial charge is 0.493 e. The lowest BCUT2D eigenvalue weighted by Gasteiger charge is -2.27. The molecule has 0 unspecified atom stereocenters. The fourth-order valence-corrected chi connectivity index (χ4v) is 5.88. The van der Waals surface area contributed by atoms with Gasteiger partial charge in [0.25, 0.3) is 17.4 Å². The number of morpholine rings is 1. The number of methoxy groups -OCH3 is 3. The Morgan fingerprint density at radius 2 is 1.62 bits per heavy atom. The minimum absolute atomic E-state index is 0.191. The number of anilines is 2. The predicted octanol–water partition coefficient (Wildman–Crippen LogP) is 4.83. The molecule has 260 valence electrons. The number of hydrogen-bond donors (Lipinski definition) is 2. The highest BCUT2D eigenvalue weighted by atomic mass is 16.5. The van der Waals surface area contributed by atoms with Crippen molar-refractivity contribution < 1.29 is 33.3 Å². The molecular weight excluding hydrogens is 640 g/mol. The lowest BCUT2D eigenvalue weighted by Crippen LogP contribution is -2.41. The van der Waals surface area contributed by atoms with E-state index in [9.17, 15) is 19.2 Å². The summed E-state index contributed by atoms with van der Waals surface area (Å²) in [6.45, 7) is 7.21. The van der Waals surface area contributed by atoms with E-state index in [0.717, 1.165) is 28.3 Å². The zero-order valence-electron chi connectivity index (χ0n) is 28.8. The van der Waals surface area contributed by atoms with E-state index in [-0.39, 0.29) is 23.8 Å². The third-order valence-electron chi connectivity index (χ3n) is 8.53. The number of ether oxygens (including phenoxy) is 4. The molecule has 1 aliphatic rings. The normalized spacial score (nSPS) is 12.5. The van der Waals surface area contributed by atoms with Gasteiger partial charge in [-0.05, 0) is 71.7 Å².